The van der Waals surface area contributed by atoms with E-state index in [-0.39, 0.29) is 0 Å². The highest BCUT2D eigenvalue weighted by Gasteiger charge is 2.22. The van der Waals surface area contributed by atoms with Crippen molar-refractivity contribution in [3.8, 4) is 78.7 Å². The lowest BCUT2D eigenvalue weighted by molar-refractivity contribution is 0.979. The van der Waals surface area contributed by atoms with E-state index in [9.17, 15) is 0 Å². The molecule has 4 nitrogen and oxygen atoms in total. The van der Waals surface area contributed by atoms with E-state index in [2.05, 4.69) is 193 Å². The fraction of sp³-hybridized carbons (Fsp3) is 0. The average Bonchev–Trinajstić information content (AvgIpc) is 3.68. The van der Waals surface area contributed by atoms with Gasteiger partial charge in [-0.05, 0) is 40.3 Å². The molecule has 0 unspecified atom stereocenters. The van der Waals surface area contributed by atoms with E-state index in [1.807, 2.05) is 18.2 Å². The van der Waals surface area contributed by atoms with Gasteiger partial charge in [0.25, 0.3) is 0 Å². The lowest BCUT2D eigenvalue weighted by Crippen LogP contribution is -1.98. The van der Waals surface area contributed by atoms with Gasteiger partial charge in [-0.15, -0.1) is 0 Å². The molecule has 0 atom stereocenters. The normalized spacial score (nSPS) is 11.3. The summed E-state index contributed by atoms with van der Waals surface area (Å²) in [5.74, 6) is 0.674. The summed E-state index contributed by atoms with van der Waals surface area (Å²) in [5.41, 5.74) is 14.5. The molecule has 4 heteroatoms. The Hall–Kier alpha value is -7.43. The van der Waals surface area contributed by atoms with Crippen molar-refractivity contribution in [2.24, 2.45) is 0 Å². The molecule has 0 N–H and O–H groups in total. The Labute approximate surface area is 319 Å². The van der Waals surface area contributed by atoms with Crippen LogP contribution in [0.15, 0.2) is 206 Å². The summed E-state index contributed by atoms with van der Waals surface area (Å²) in [6.45, 7) is 0. The molecule has 0 saturated heterocycles. The highest BCUT2D eigenvalue weighted by Crippen LogP contribution is 2.41. The maximum atomic E-state index is 5.37. The van der Waals surface area contributed by atoms with Crippen LogP contribution in [0.1, 0.15) is 0 Å². The molecule has 0 bridgehead atoms. The number of fused-ring (bicyclic) bond motifs is 3. The summed E-state index contributed by atoms with van der Waals surface area (Å²) in [6.07, 6.45) is 0. The maximum absolute atomic E-state index is 5.37. The van der Waals surface area contributed by atoms with Crippen LogP contribution in [-0.2, 0) is 0 Å². The van der Waals surface area contributed by atoms with Gasteiger partial charge in [0.2, 0.25) is 0 Å². The van der Waals surface area contributed by atoms with Crippen LogP contribution in [-0.4, -0.2) is 19.6 Å². The largest absolute Gasteiger partial charge is 0.231 e. The van der Waals surface area contributed by atoms with Crippen molar-refractivity contribution in [3.05, 3.63) is 206 Å². The third-order valence-corrected chi connectivity index (χ3v) is 10.2. The zero-order chi connectivity index (χ0) is 36.6. The number of aromatic nitrogens is 4. The SMILES string of the molecule is c1ccc(-c2ccc(-c3cc(-c4ccccc4)nc(-c4ccc5c(c4)cc(-c4ccccc4)n4nc(-c6ccccc6)c(-c6ccccc6)c54)n3)cc2)cc1. The van der Waals surface area contributed by atoms with Gasteiger partial charge in [0.1, 0.15) is 5.69 Å². The molecule has 0 aliphatic heterocycles. The predicted octanol–water partition coefficient (Wildman–Crippen LogP) is 12.9. The Morgan fingerprint density at radius 3 is 1.40 bits per heavy atom. The minimum absolute atomic E-state index is 0.674. The molecule has 258 valence electrons. The zero-order valence-electron chi connectivity index (χ0n) is 29.9. The van der Waals surface area contributed by atoms with Crippen LogP contribution in [0, 0.1) is 0 Å². The van der Waals surface area contributed by atoms with Crippen molar-refractivity contribution >= 4 is 16.3 Å². The molecule has 10 rings (SSSR count). The molecular formula is C51H34N4. The van der Waals surface area contributed by atoms with Gasteiger partial charge in [-0.3, -0.25) is 0 Å². The number of nitrogens with zero attached hydrogens (tertiary/aromatic N) is 4. The van der Waals surface area contributed by atoms with Gasteiger partial charge in [0.05, 0.1) is 22.6 Å². The lowest BCUT2D eigenvalue weighted by atomic mass is 9.96. The zero-order valence-corrected chi connectivity index (χ0v) is 29.9. The quantitative estimate of drug-likeness (QED) is 0.166. The summed E-state index contributed by atoms with van der Waals surface area (Å²) in [6, 6.07) is 72.0. The van der Waals surface area contributed by atoms with Gasteiger partial charge in [-0.1, -0.05) is 188 Å². The minimum atomic E-state index is 0.674. The summed E-state index contributed by atoms with van der Waals surface area (Å²) in [5, 5.41) is 7.56. The fourth-order valence-electron chi connectivity index (χ4n) is 7.52. The van der Waals surface area contributed by atoms with Crippen molar-refractivity contribution in [2.75, 3.05) is 0 Å². The smallest absolute Gasteiger partial charge is 0.160 e. The topological polar surface area (TPSA) is 43.1 Å². The van der Waals surface area contributed by atoms with Gasteiger partial charge in [-0.2, -0.15) is 5.10 Å². The van der Waals surface area contributed by atoms with Crippen LogP contribution in [0.3, 0.4) is 0 Å². The summed E-state index contributed by atoms with van der Waals surface area (Å²) >= 11 is 0. The van der Waals surface area contributed by atoms with Gasteiger partial charge in [0, 0.05) is 38.8 Å². The molecule has 55 heavy (non-hydrogen) atoms. The second-order valence-electron chi connectivity index (χ2n) is 13.7. The first-order valence-corrected chi connectivity index (χ1v) is 18.5. The minimum Gasteiger partial charge on any atom is -0.231 e. The summed E-state index contributed by atoms with van der Waals surface area (Å²) in [4.78, 5) is 10.4. The fourth-order valence-corrected chi connectivity index (χ4v) is 7.52. The Morgan fingerprint density at radius 2 is 0.800 bits per heavy atom. The molecule has 0 aliphatic carbocycles. The summed E-state index contributed by atoms with van der Waals surface area (Å²) in [7, 11) is 0. The third kappa shape index (κ3) is 6.06. The number of hydrogen-bond acceptors (Lipinski definition) is 3. The van der Waals surface area contributed by atoms with E-state index in [0.717, 1.165) is 78.0 Å². The van der Waals surface area contributed by atoms with Crippen LogP contribution >= 0.6 is 0 Å². The second-order valence-corrected chi connectivity index (χ2v) is 13.7. The molecule has 7 aromatic carbocycles. The highest BCUT2D eigenvalue weighted by molar-refractivity contribution is 6.09. The van der Waals surface area contributed by atoms with Crippen molar-refractivity contribution in [3.63, 3.8) is 0 Å². The van der Waals surface area contributed by atoms with Crippen LogP contribution in [0.5, 0.6) is 0 Å². The van der Waals surface area contributed by atoms with Gasteiger partial charge in [-0.25, -0.2) is 14.5 Å². The number of pyridine rings is 1. The molecule has 0 fully saturated rings. The predicted molar refractivity (Wildman–Crippen MR) is 226 cm³/mol. The van der Waals surface area contributed by atoms with Crippen LogP contribution in [0.4, 0.5) is 0 Å². The van der Waals surface area contributed by atoms with Gasteiger partial charge < -0.3 is 0 Å². The van der Waals surface area contributed by atoms with E-state index >= 15 is 0 Å². The second kappa shape index (κ2) is 13.8. The van der Waals surface area contributed by atoms with Crippen LogP contribution in [0.25, 0.3) is 95.0 Å². The Bertz CT molecular complexity index is 2920. The Kier molecular flexibility index (Phi) is 8.12. The average molecular weight is 703 g/mol. The van der Waals surface area contributed by atoms with E-state index in [1.165, 1.54) is 11.1 Å². The van der Waals surface area contributed by atoms with E-state index in [1.54, 1.807) is 0 Å². The number of rotatable bonds is 7. The molecule has 0 radical (unpaired) electrons. The van der Waals surface area contributed by atoms with Crippen molar-refractivity contribution in [2.45, 2.75) is 0 Å². The monoisotopic (exact) mass is 702 g/mol. The lowest BCUT2D eigenvalue weighted by Gasteiger charge is -2.13. The molecule has 0 amide bonds. The molecule has 0 saturated carbocycles. The van der Waals surface area contributed by atoms with E-state index in [0.29, 0.717) is 5.82 Å². The van der Waals surface area contributed by atoms with Crippen molar-refractivity contribution in [1.82, 2.24) is 19.6 Å². The molecule has 3 heterocycles. The molecule has 3 aromatic heterocycles. The standard InChI is InChI=1S/C51H34N4/c1-6-16-35(17-7-1)36-26-28-38(29-27-36)46-34-45(37-18-8-2-9-19-37)52-51(53-46)42-30-31-44-43(32-42)33-47(39-20-10-3-11-21-39)55-50(44)48(40-22-12-4-13-23-40)49(54-55)41-24-14-5-15-25-41/h1-34H. The summed E-state index contributed by atoms with van der Waals surface area (Å²) < 4.78 is 2.13. The Balaban J connectivity index is 1.20. The maximum Gasteiger partial charge on any atom is 0.160 e. The van der Waals surface area contributed by atoms with E-state index in [4.69, 9.17) is 15.1 Å². The van der Waals surface area contributed by atoms with Crippen LogP contribution in [0.2, 0.25) is 0 Å². The first-order valence-electron chi connectivity index (χ1n) is 18.5. The molecular weight excluding hydrogens is 669 g/mol. The highest BCUT2D eigenvalue weighted by atomic mass is 15.2. The van der Waals surface area contributed by atoms with Crippen molar-refractivity contribution in [1.29, 1.82) is 0 Å². The molecule has 0 aliphatic rings. The van der Waals surface area contributed by atoms with Gasteiger partial charge in [0.15, 0.2) is 5.82 Å². The Morgan fingerprint density at radius 1 is 0.345 bits per heavy atom. The van der Waals surface area contributed by atoms with Crippen molar-refractivity contribution < 1.29 is 0 Å². The van der Waals surface area contributed by atoms with Crippen LogP contribution < -0.4 is 0 Å². The van der Waals surface area contributed by atoms with Gasteiger partial charge >= 0.3 is 0 Å². The number of hydrogen-bond donors (Lipinski definition) is 0. The molecule has 0 spiro atoms. The van der Waals surface area contributed by atoms with E-state index < -0.39 is 0 Å². The number of benzene rings is 7. The first kappa shape index (κ1) is 32.2. The third-order valence-electron chi connectivity index (χ3n) is 10.2. The molecule has 10 aromatic rings. The first-order chi connectivity index (χ1) is 27.3.